The lowest BCUT2D eigenvalue weighted by Crippen LogP contribution is -2.34. The molecule has 0 spiro atoms. The van der Waals surface area contributed by atoms with Crippen LogP contribution in [0.25, 0.3) is 6.08 Å². The van der Waals surface area contributed by atoms with Gasteiger partial charge in [-0.25, -0.2) is 0 Å². The van der Waals surface area contributed by atoms with E-state index in [1.165, 1.54) is 116 Å². The summed E-state index contributed by atoms with van der Waals surface area (Å²) in [6.45, 7) is 11.3. The summed E-state index contributed by atoms with van der Waals surface area (Å²) in [6, 6.07) is 31.8. The number of benzene rings is 5. The first kappa shape index (κ1) is 75.0. The van der Waals surface area contributed by atoms with E-state index in [9.17, 15) is 34.8 Å². The van der Waals surface area contributed by atoms with Crippen LogP contribution in [0.3, 0.4) is 0 Å². The number of ether oxygens (including phenoxy) is 4. The molecule has 0 aromatic heterocycles. The van der Waals surface area contributed by atoms with Crippen molar-refractivity contribution in [1.82, 2.24) is 10.2 Å². The number of likely N-dealkylation sites (tertiary alicyclic amines) is 1. The van der Waals surface area contributed by atoms with Crippen molar-refractivity contribution in [1.29, 1.82) is 0 Å². The summed E-state index contributed by atoms with van der Waals surface area (Å²) in [6.07, 6.45) is 39.3. The first-order chi connectivity index (χ1) is 43.6. The molecule has 90 heavy (non-hydrogen) atoms. The van der Waals surface area contributed by atoms with Gasteiger partial charge >= 0.3 is 0 Å². The van der Waals surface area contributed by atoms with E-state index in [4.69, 9.17) is 18.9 Å². The highest BCUT2D eigenvalue weighted by Crippen LogP contribution is 2.33. The van der Waals surface area contributed by atoms with Crippen molar-refractivity contribution >= 4 is 23.7 Å². The number of Topliss-reactive ketones (excluding diaryl/α,β-unsaturated/α-hetero) is 1. The molecule has 2 heterocycles. The molecule has 5 aromatic carbocycles. The van der Waals surface area contributed by atoms with E-state index < -0.39 is 6.10 Å². The Morgan fingerprint density at radius 2 is 1.26 bits per heavy atom. The number of methoxy groups -OCH3 is 2. The number of hydrogen-bond acceptors (Lipinski definition) is 11. The van der Waals surface area contributed by atoms with E-state index in [0.717, 1.165) is 90.4 Å². The molecule has 13 nitrogen and oxygen atoms in total. The second-order valence-corrected chi connectivity index (χ2v) is 24.1. The van der Waals surface area contributed by atoms with Crippen LogP contribution in [0.1, 0.15) is 202 Å². The number of hydrogen-bond donors (Lipinski definition) is 5. The number of phenolic OH excluding ortho intramolecular Hbond substituents is 3. The lowest BCUT2D eigenvalue weighted by molar-refractivity contribution is -0.127. The summed E-state index contributed by atoms with van der Waals surface area (Å²) in [4.78, 5) is 37.6. The molecule has 0 aliphatic carbocycles. The number of aryl methyl sites for hydroxylation is 4. The van der Waals surface area contributed by atoms with Gasteiger partial charge in [-0.1, -0.05) is 176 Å². The van der Waals surface area contributed by atoms with Gasteiger partial charge in [0.2, 0.25) is 18.6 Å². The van der Waals surface area contributed by atoms with Crippen molar-refractivity contribution in [2.24, 2.45) is 5.92 Å². The third-order valence-electron chi connectivity index (χ3n) is 15.7. The number of carbonyl (C=O) groups excluding carboxylic acids is 3. The number of unbranched alkanes of at least 4 members (excludes halogenated alkanes) is 12. The SMILES string of the molecule is CCCC/C=C\CCCCCCCCCc1cc(C)cc(O)c1.COc1cc(CCC(O)CC(=O)CCc2ccccc2)ccc1O.COc1cc(CNC(=O)CCCCCCC(C)C)ccc1O.O=C(/C=C/C=C\c1ccc2c(c1)OCO2)N1CCCCC1. The highest BCUT2D eigenvalue weighted by molar-refractivity contribution is 5.88. The number of nitrogens with zero attached hydrogens (tertiary/aromatic N) is 1. The lowest BCUT2D eigenvalue weighted by Gasteiger charge is -2.25. The molecule has 0 bridgehead atoms. The maximum Gasteiger partial charge on any atom is 0.246 e. The number of piperidine rings is 1. The minimum Gasteiger partial charge on any atom is -0.508 e. The van der Waals surface area contributed by atoms with Gasteiger partial charge in [-0.05, 0) is 172 Å². The maximum atomic E-state index is 12.0. The number of fused-ring (bicyclic) bond motifs is 1. The Labute approximate surface area is 539 Å². The number of allylic oxidation sites excluding steroid dienone is 4. The van der Waals surface area contributed by atoms with Crippen molar-refractivity contribution in [2.75, 3.05) is 34.1 Å². The number of amides is 2. The summed E-state index contributed by atoms with van der Waals surface area (Å²) in [5, 5.41) is 41.6. The Bertz CT molecular complexity index is 2870. The summed E-state index contributed by atoms with van der Waals surface area (Å²) >= 11 is 0. The summed E-state index contributed by atoms with van der Waals surface area (Å²) in [5.74, 6) is 4.04. The number of aliphatic hydroxyl groups is 1. The average molecular weight is 1240 g/mol. The fourth-order valence-electron chi connectivity index (χ4n) is 10.5. The number of nitrogens with one attached hydrogen (secondary N) is 1. The predicted molar refractivity (Wildman–Crippen MR) is 366 cm³/mol. The largest absolute Gasteiger partial charge is 0.508 e. The molecule has 5 aromatic rings. The quantitative estimate of drug-likeness (QED) is 0.0113. The molecule has 0 radical (unpaired) electrons. The molecule has 2 amide bonds. The zero-order valence-electron chi connectivity index (χ0n) is 55.2. The van der Waals surface area contributed by atoms with Crippen LogP contribution in [0.4, 0.5) is 0 Å². The Balaban J connectivity index is 0.000000256. The lowest BCUT2D eigenvalue weighted by atomic mass is 10.00. The summed E-state index contributed by atoms with van der Waals surface area (Å²) < 4.78 is 20.7. The second-order valence-electron chi connectivity index (χ2n) is 24.1. The molecular weight excluding hydrogens is 1130 g/mol. The molecule has 13 heteroatoms. The fraction of sp³-hybridized carbons (Fsp3) is 0.494. The second kappa shape index (κ2) is 45.7. The zero-order chi connectivity index (χ0) is 65.0. The summed E-state index contributed by atoms with van der Waals surface area (Å²) in [7, 11) is 3.01. The number of aromatic hydroxyl groups is 3. The molecule has 1 atom stereocenters. The third-order valence-corrected chi connectivity index (χ3v) is 15.7. The first-order valence-corrected chi connectivity index (χ1v) is 33.4. The van der Waals surface area contributed by atoms with Gasteiger partial charge in [0.1, 0.15) is 11.5 Å². The third kappa shape index (κ3) is 33.4. The van der Waals surface area contributed by atoms with E-state index >= 15 is 0 Å². The molecular formula is C77H108N2O11. The Hall–Kier alpha value is -7.51. The van der Waals surface area contributed by atoms with Crippen LogP contribution in [0.15, 0.2) is 134 Å². The minimum atomic E-state index is -0.645. The van der Waals surface area contributed by atoms with E-state index in [2.05, 4.69) is 44.3 Å². The Morgan fingerprint density at radius 1 is 0.611 bits per heavy atom. The number of ketones is 1. The number of carbonyl (C=O) groups is 3. The van der Waals surface area contributed by atoms with Gasteiger partial charge in [0.25, 0.3) is 0 Å². The molecule has 7 rings (SSSR count). The van der Waals surface area contributed by atoms with Crippen molar-refractivity contribution in [2.45, 2.75) is 207 Å². The minimum absolute atomic E-state index is 0.0784. The highest BCUT2D eigenvalue weighted by Gasteiger charge is 2.16. The van der Waals surface area contributed by atoms with Crippen LogP contribution in [0, 0.1) is 12.8 Å². The van der Waals surface area contributed by atoms with Crippen molar-refractivity contribution in [3.8, 4) is 40.2 Å². The van der Waals surface area contributed by atoms with Crippen molar-refractivity contribution < 1.29 is 53.8 Å². The van der Waals surface area contributed by atoms with Crippen LogP contribution in [-0.2, 0) is 40.2 Å². The number of phenols is 3. The topological polar surface area (TPSA) is 184 Å². The van der Waals surface area contributed by atoms with Crippen LogP contribution in [-0.4, -0.2) is 83.1 Å². The maximum absolute atomic E-state index is 12.0. The van der Waals surface area contributed by atoms with Gasteiger partial charge in [0, 0.05) is 45.0 Å². The summed E-state index contributed by atoms with van der Waals surface area (Å²) in [5.41, 5.74) is 6.47. The molecule has 0 saturated carbocycles. The smallest absolute Gasteiger partial charge is 0.246 e. The Kier molecular flexibility index (Phi) is 38.1. The van der Waals surface area contributed by atoms with Gasteiger partial charge < -0.3 is 49.6 Å². The first-order valence-electron chi connectivity index (χ1n) is 33.4. The van der Waals surface area contributed by atoms with Crippen LogP contribution < -0.4 is 24.3 Å². The van der Waals surface area contributed by atoms with Crippen molar-refractivity contribution in [3.63, 3.8) is 0 Å². The highest BCUT2D eigenvalue weighted by atomic mass is 16.7. The molecule has 492 valence electrons. The number of rotatable bonds is 35. The molecule has 1 fully saturated rings. The molecule has 5 N–H and O–H groups in total. The van der Waals surface area contributed by atoms with Gasteiger partial charge in [-0.3, -0.25) is 14.4 Å². The normalized spacial score (nSPS) is 12.9. The fourth-order valence-corrected chi connectivity index (χ4v) is 10.5. The van der Waals surface area contributed by atoms with Gasteiger partial charge in [-0.2, -0.15) is 0 Å². The predicted octanol–water partition coefficient (Wildman–Crippen LogP) is 17.4. The van der Waals surface area contributed by atoms with E-state index in [-0.39, 0.29) is 42.3 Å². The van der Waals surface area contributed by atoms with Gasteiger partial charge in [-0.15, -0.1) is 0 Å². The van der Waals surface area contributed by atoms with Gasteiger partial charge in [0.15, 0.2) is 34.5 Å². The Morgan fingerprint density at radius 3 is 1.94 bits per heavy atom. The van der Waals surface area contributed by atoms with E-state index in [0.29, 0.717) is 55.9 Å². The molecule has 2 aliphatic heterocycles. The van der Waals surface area contributed by atoms with E-state index in [1.807, 2.05) is 84.6 Å². The van der Waals surface area contributed by atoms with E-state index in [1.54, 1.807) is 48.6 Å². The zero-order valence-corrected chi connectivity index (χ0v) is 55.2. The number of aliphatic hydroxyl groups excluding tert-OH is 1. The van der Waals surface area contributed by atoms with Crippen molar-refractivity contribution in [3.05, 3.63) is 167 Å². The van der Waals surface area contributed by atoms with Gasteiger partial charge in [0.05, 0.1) is 20.3 Å². The average Bonchev–Trinajstić information content (AvgIpc) is 3.20. The van der Waals surface area contributed by atoms with Crippen LogP contribution in [0.2, 0.25) is 0 Å². The molecule has 2 aliphatic rings. The monoisotopic (exact) mass is 1240 g/mol. The molecule has 1 unspecified atom stereocenters. The standard InChI is InChI=1S/C22H36O.C20H24O4.C18H29NO3.C17H19NO3/c1-3-4-5-6-7-8-9-10-11-12-13-14-15-16-21-17-20(2)18-22(23)19-21;1-24-20-13-16(9-12-19(20)23)8-11-18(22)14-17(21)10-7-15-5-3-2-4-6-15;1-14(2)8-6-4-5-7-9-18(21)19-13-15-10-11-16(20)17(12-15)22-3;19-17(18-10-4-1-5-11-18)7-3-2-6-14-8-9-15-16(12-14)21-13-20-15/h6-7,17-19,23H,3-5,8-16H2,1-2H3;2-6,9,12-13,18,22-23H,7-8,10-11,14H2,1H3;10-12,14,20H,4-9,13H2,1-3H3,(H,19,21);2-3,6-9,12H,1,4-5,10-11,13H2/b7-6-;;;6-2-,7-3+. The van der Waals surface area contributed by atoms with Crippen LogP contribution >= 0.6 is 0 Å². The van der Waals surface area contributed by atoms with Crippen LogP contribution in [0.5, 0.6) is 40.2 Å². The molecule has 1 saturated heterocycles.